The molecule has 2 heterocycles. The van der Waals surface area contributed by atoms with Crippen molar-refractivity contribution in [3.63, 3.8) is 0 Å². The summed E-state index contributed by atoms with van der Waals surface area (Å²) in [6.07, 6.45) is 7.14. The Morgan fingerprint density at radius 3 is 1.26 bits per heavy atom. The second-order valence-electron chi connectivity index (χ2n) is 17.0. The van der Waals surface area contributed by atoms with Crippen molar-refractivity contribution in [2.24, 2.45) is 0 Å². The normalized spacial score (nSPS) is 17.1. The third-order valence-corrected chi connectivity index (χ3v) is 13.6. The summed E-state index contributed by atoms with van der Waals surface area (Å²) >= 11 is 1.34. The fourth-order valence-electron chi connectivity index (χ4n) is 7.71. The molecular formula is C57H59FN2O10S2. The van der Waals surface area contributed by atoms with Crippen molar-refractivity contribution in [1.29, 1.82) is 0 Å². The number of hydrogen-bond donors (Lipinski definition) is 2. The molecule has 4 amide bonds. The first-order valence-corrected chi connectivity index (χ1v) is 25.8. The number of unbranched alkanes of at least 4 members (excludes halogenated alkanes) is 2. The Bertz CT molecular complexity index is 2560. The molecule has 2 N–H and O–H groups in total. The number of para-hydroxylation sites is 2. The van der Waals surface area contributed by atoms with Crippen LogP contribution in [0.1, 0.15) is 81.5 Å². The molecule has 2 saturated heterocycles. The van der Waals surface area contributed by atoms with Gasteiger partial charge in [0.25, 0.3) is 21.4 Å². The zero-order chi connectivity index (χ0) is 50.8. The molecule has 15 heteroatoms. The number of rotatable bonds is 24. The molecular weight excluding hydrogens is 956 g/mol. The van der Waals surface area contributed by atoms with E-state index in [1.54, 1.807) is 19.1 Å². The highest BCUT2D eigenvalue weighted by molar-refractivity contribution is 8.15. The van der Waals surface area contributed by atoms with Crippen LogP contribution in [0, 0.1) is 0 Å². The van der Waals surface area contributed by atoms with E-state index in [1.807, 2.05) is 121 Å². The lowest BCUT2D eigenvalue weighted by Crippen LogP contribution is -2.31. The lowest BCUT2D eigenvalue weighted by atomic mass is 9.99. The van der Waals surface area contributed by atoms with Gasteiger partial charge in [0.2, 0.25) is 5.91 Å². The van der Waals surface area contributed by atoms with Crippen LogP contribution < -0.4 is 39.1 Å². The predicted octanol–water partition coefficient (Wildman–Crippen LogP) is 13.6. The maximum Gasteiger partial charge on any atom is 0.289 e. The van der Waals surface area contributed by atoms with Crippen molar-refractivity contribution < 1.29 is 52.0 Å². The van der Waals surface area contributed by atoms with Crippen LogP contribution in [0.15, 0.2) is 146 Å². The zero-order valence-corrected chi connectivity index (χ0v) is 42.3. The van der Waals surface area contributed by atoms with Crippen LogP contribution in [0.4, 0.5) is 14.0 Å². The first-order valence-electron chi connectivity index (χ1n) is 24.2. The van der Waals surface area contributed by atoms with Crippen molar-refractivity contribution in [3.05, 3.63) is 168 Å². The number of nitrogens with one attached hydrogen (secondary N) is 2. The highest BCUT2D eigenvalue weighted by atomic mass is 32.2. The Morgan fingerprint density at radius 2 is 0.861 bits per heavy atom. The van der Waals surface area contributed by atoms with E-state index < -0.39 is 20.9 Å². The van der Waals surface area contributed by atoms with Crippen molar-refractivity contribution >= 4 is 45.8 Å². The lowest BCUT2D eigenvalue weighted by Gasteiger charge is -2.19. The maximum absolute atomic E-state index is 14.8. The highest BCUT2D eigenvalue weighted by Crippen LogP contribution is 2.44. The van der Waals surface area contributed by atoms with Gasteiger partial charge < -0.3 is 28.4 Å². The quantitative estimate of drug-likeness (QED) is 0.0556. The smallest absolute Gasteiger partial charge is 0.289 e. The third kappa shape index (κ3) is 14.6. The minimum atomic E-state index is -2.39. The van der Waals surface area contributed by atoms with Crippen LogP contribution in [0.2, 0.25) is 0 Å². The van der Waals surface area contributed by atoms with Crippen molar-refractivity contribution in [2.75, 3.05) is 26.4 Å². The molecule has 8 rings (SSSR count). The van der Waals surface area contributed by atoms with Gasteiger partial charge in [-0.1, -0.05) is 87.4 Å². The number of hydrogen-bond acceptors (Lipinski definition) is 12. The van der Waals surface area contributed by atoms with E-state index in [2.05, 4.69) is 25.2 Å². The number of alkyl halides is 1. The van der Waals surface area contributed by atoms with Crippen LogP contribution in [-0.4, -0.2) is 48.7 Å². The summed E-state index contributed by atoms with van der Waals surface area (Å²) in [7, 11) is 0. The summed E-state index contributed by atoms with van der Waals surface area (Å²) in [5.74, 6) is 5.03. The summed E-state index contributed by atoms with van der Waals surface area (Å²) < 4.78 is 49.5. The number of carbonyl (C=O) groups excluding carboxylic acids is 4. The molecule has 2 fully saturated rings. The summed E-state index contributed by atoms with van der Waals surface area (Å²) in [4.78, 5) is 46.7. The van der Waals surface area contributed by atoms with Gasteiger partial charge in [-0.15, -0.1) is 0 Å². The fraction of sp³-hybridized carbons (Fsp3) is 0.298. The summed E-state index contributed by atoms with van der Waals surface area (Å²) in [6, 6.07) is 44.8. The molecule has 0 radical (unpaired) electrons. The fourth-order valence-corrected chi connectivity index (χ4v) is 9.42. The molecule has 0 bridgehead atoms. The first kappa shape index (κ1) is 52.8. The van der Waals surface area contributed by atoms with Crippen LogP contribution in [-0.2, 0) is 32.2 Å². The topological polar surface area (TPSA) is 148 Å². The molecule has 2 aliphatic rings. The van der Waals surface area contributed by atoms with E-state index in [-0.39, 0.29) is 16.7 Å². The van der Waals surface area contributed by atoms with E-state index in [0.717, 1.165) is 120 Å². The Labute approximate surface area is 428 Å². The van der Waals surface area contributed by atoms with E-state index in [4.69, 9.17) is 28.4 Å². The molecule has 6 aromatic rings. The number of amides is 4. The van der Waals surface area contributed by atoms with E-state index in [1.165, 1.54) is 12.1 Å². The Kier molecular flexibility index (Phi) is 19.0. The van der Waals surface area contributed by atoms with Crippen LogP contribution in [0.3, 0.4) is 0 Å². The minimum Gasteiger partial charge on any atom is -0.494 e. The van der Waals surface area contributed by atoms with Crippen molar-refractivity contribution in [2.45, 2.75) is 81.9 Å². The first-order chi connectivity index (χ1) is 34.9. The Morgan fingerprint density at radius 1 is 0.458 bits per heavy atom. The standard InChI is InChI=1S/C29H31NO5S.C28H28FNO5S/c1-3-9-21-20-25(35-24-10-5-4-6-11-24)16-17-26(21)34-19-8-7-18-33-23-14-12-22(13-15-23)29(2)27(31)30-28(32)36-29;1-2-8-20-19-24(35-23-9-4-3-5-10-23)15-16-25(20)34-18-7-6-17-33-22-13-11-21(12-14-22)28(29)26(31)30-27(32)36-28/h4-6,10-17,20H,3,7-9,18-19H2,1-2H3,(H,30,31,32);3-5,9-16,19H,2,6-8,17-18H2,1H3,(H,30,31,32). The lowest BCUT2D eigenvalue weighted by molar-refractivity contribution is -0.126. The van der Waals surface area contributed by atoms with Crippen molar-refractivity contribution in [1.82, 2.24) is 10.6 Å². The molecule has 2 atom stereocenters. The number of benzene rings is 6. The number of thioether (sulfide) groups is 2. The van der Waals surface area contributed by atoms with Gasteiger partial charge in [0.1, 0.15) is 50.7 Å². The maximum atomic E-state index is 14.8. The molecule has 0 spiro atoms. The Hall–Kier alpha value is -6.97. The largest absolute Gasteiger partial charge is 0.494 e. The van der Waals surface area contributed by atoms with Crippen LogP contribution >= 0.6 is 23.5 Å². The van der Waals surface area contributed by atoms with Gasteiger partial charge in [-0.05, 0) is 171 Å². The second kappa shape index (κ2) is 25.9. The van der Waals surface area contributed by atoms with Crippen molar-refractivity contribution in [3.8, 4) is 46.0 Å². The number of imide groups is 2. The average Bonchev–Trinajstić information content (AvgIpc) is 3.82. The molecule has 72 heavy (non-hydrogen) atoms. The second-order valence-corrected chi connectivity index (χ2v) is 19.6. The molecule has 2 unspecified atom stereocenters. The Balaban J connectivity index is 0.000000211. The number of ether oxygens (including phenoxy) is 6. The van der Waals surface area contributed by atoms with Gasteiger partial charge in [0.15, 0.2) is 0 Å². The third-order valence-electron chi connectivity index (χ3n) is 11.5. The predicted molar refractivity (Wildman–Crippen MR) is 280 cm³/mol. The van der Waals surface area contributed by atoms with E-state index >= 15 is 0 Å². The number of aryl methyl sites for hydroxylation is 2. The zero-order valence-electron chi connectivity index (χ0n) is 40.6. The molecule has 0 aliphatic carbocycles. The molecule has 12 nitrogen and oxygen atoms in total. The average molecular weight is 1020 g/mol. The van der Waals surface area contributed by atoms with Gasteiger partial charge in [-0.3, -0.25) is 29.8 Å². The molecule has 0 aromatic heterocycles. The molecule has 376 valence electrons. The highest BCUT2D eigenvalue weighted by Gasteiger charge is 2.50. The van der Waals surface area contributed by atoms with E-state index in [9.17, 15) is 23.6 Å². The van der Waals surface area contributed by atoms with Gasteiger partial charge in [-0.2, -0.15) is 0 Å². The summed E-state index contributed by atoms with van der Waals surface area (Å²) in [6.45, 7) is 8.25. The minimum absolute atomic E-state index is 0.111. The van der Waals surface area contributed by atoms with Crippen LogP contribution in [0.5, 0.6) is 46.0 Å². The molecule has 6 aromatic carbocycles. The number of halogens is 1. The summed E-state index contributed by atoms with van der Waals surface area (Å²) in [5.41, 5.74) is 3.15. The SMILES string of the molecule is CCCc1cc(Oc2ccccc2)ccc1OCCCCOc1ccc(C2(C)SC(=O)NC2=O)cc1.CCCc1cc(Oc2ccccc2)ccc1OCCCCOc1ccc(C2(F)SC(=O)NC2=O)cc1. The summed E-state index contributed by atoms with van der Waals surface area (Å²) in [5, 5.41) is 0.913. The van der Waals surface area contributed by atoms with Gasteiger partial charge in [0, 0.05) is 5.56 Å². The monoisotopic (exact) mass is 1010 g/mol. The van der Waals surface area contributed by atoms with Crippen LogP contribution in [0.25, 0.3) is 0 Å². The van der Waals surface area contributed by atoms with Gasteiger partial charge >= 0.3 is 0 Å². The van der Waals surface area contributed by atoms with Gasteiger partial charge in [0.05, 0.1) is 26.4 Å². The van der Waals surface area contributed by atoms with E-state index in [0.29, 0.717) is 43.9 Å². The number of carbonyl (C=O) groups is 4. The molecule has 2 aliphatic heterocycles. The molecule has 0 saturated carbocycles. The van der Waals surface area contributed by atoms with Gasteiger partial charge in [-0.25, -0.2) is 4.39 Å².